The van der Waals surface area contributed by atoms with Gasteiger partial charge in [-0.25, -0.2) is 14.2 Å². The van der Waals surface area contributed by atoms with Crippen molar-refractivity contribution in [3.05, 3.63) is 95.8 Å². The summed E-state index contributed by atoms with van der Waals surface area (Å²) >= 11 is 0. The predicted molar refractivity (Wildman–Crippen MR) is 126 cm³/mol. The van der Waals surface area contributed by atoms with Crippen LogP contribution < -0.4 is 16.0 Å². The number of hydrogen-bond donors (Lipinski definition) is 3. The number of pyridine rings is 1. The summed E-state index contributed by atoms with van der Waals surface area (Å²) in [4.78, 5) is 41.5. The standard InChI is InChI=1S/C26H19FN4O3/c1-26(24(33)30-25(34)31-26)16-7-10-18(11-8-16)28-23(32)20-14-21(15-5-3-2-4-6-15)29-22-13-17(27)9-12-19(20)22/h2-14H,1H3,(H,28,32)(H2,30,31,33,34). The van der Waals surface area contributed by atoms with E-state index in [0.717, 1.165) is 5.56 Å². The Morgan fingerprint density at radius 3 is 2.38 bits per heavy atom. The molecule has 0 aliphatic carbocycles. The summed E-state index contributed by atoms with van der Waals surface area (Å²) in [5.41, 5.74) is 1.96. The summed E-state index contributed by atoms with van der Waals surface area (Å²) in [7, 11) is 0. The zero-order chi connectivity index (χ0) is 23.9. The quantitative estimate of drug-likeness (QED) is 0.399. The van der Waals surface area contributed by atoms with Crippen LogP contribution in [0.2, 0.25) is 0 Å². The molecule has 1 saturated heterocycles. The molecule has 34 heavy (non-hydrogen) atoms. The molecule has 0 saturated carbocycles. The Morgan fingerprint density at radius 1 is 0.971 bits per heavy atom. The molecular formula is C26H19FN4O3. The molecule has 3 aromatic carbocycles. The number of fused-ring (bicyclic) bond motifs is 1. The second kappa shape index (κ2) is 8.08. The monoisotopic (exact) mass is 454 g/mol. The molecule has 1 aromatic heterocycles. The number of halogens is 1. The maximum atomic E-state index is 13.9. The number of aromatic nitrogens is 1. The molecular weight excluding hydrogens is 435 g/mol. The number of nitrogens with one attached hydrogen (secondary N) is 3. The largest absolute Gasteiger partial charge is 0.322 e. The first-order chi connectivity index (χ1) is 16.3. The molecule has 0 spiro atoms. The van der Waals surface area contributed by atoms with Gasteiger partial charge in [0, 0.05) is 22.7 Å². The fourth-order valence-corrected chi connectivity index (χ4v) is 3.98. The molecule has 0 radical (unpaired) electrons. The van der Waals surface area contributed by atoms with Crippen molar-refractivity contribution < 1.29 is 18.8 Å². The van der Waals surface area contributed by atoms with Crippen LogP contribution in [0.5, 0.6) is 0 Å². The van der Waals surface area contributed by atoms with Crippen LogP contribution in [0.25, 0.3) is 22.2 Å². The lowest BCUT2D eigenvalue weighted by atomic mass is 9.92. The minimum absolute atomic E-state index is 0.349. The summed E-state index contributed by atoms with van der Waals surface area (Å²) in [5.74, 6) is -1.27. The zero-order valence-electron chi connectivity index (χ0n) is 18.1. The van der Waals surface area contributed by atoms with Crippen molar-refractivity contribution in [2.45, 2.75) is 12.5 Å². The summed E-state index contributed by atoms with van der Waals surface area (Å²) < 4.78 is 13.9. The van der Waals surface area contributed by atoms with Crippen molar-refractivity contribution in [2.75, 3.05) is 5.32 Å². The van der Waals surface area contributed by atoms with E-state index in [9.17, 15) is 18.8 Å². The molecule has 2 heterocycles. The number of hydrogen-bond acceptors (Lipinski definition) is 4. The van der Waals surface area contributed by atoms with Gasteiger partial charge in [-0.2, -0.15) is 0 Å². The fourth-order valence-electron chi connectivity index (χ4n) is 3.98. The Labute approximate surface area is 194 Å². The zero-order valence-corrected chi connectivity index (χ0v) is 18.1. The Balaban J connectivity index is 1.48. The lowest BCUT2D eigenvalue weighted by Crippen LogP contribution is -2.40. The lowest BCUT2D eigenvalue weighted by molar-refractivity contribution is -0.123. The number of benzene rings is 3. The molecule has 4 aromatic rings. The van der Waals surface area contributed by atoms with E-state index in [0.29, 0.717) is 33.4 Å². The van der Waals surface area contributed by atoms with Gasteiger partial charge in [-0.1, -0.05) is 42.5 Å². The van der Waals surface area contributed by atoms with Crippen LogP contribution >= 0.6 is 0 Å². The van der Waals surface area contributed by atoms with Gasteiger partial charge in [0.15, 0.2) is 0 Å². The number of carbonyl (C=O) groups excluding carboxylic acids is 3. The normalized spacial score (nSPS) is 17.4. The van der Waals surface area contributed by atoms with E-state index in [1.165, 1.54) is 18.2 Å². The number of nitrogens with zero attached hydrogens (tertiary/aromatic N) is 1. The second-order valence-corrected chi connectivity index (χ2v) is 8.15. The van der Waals surface area contributed by atoms with Crippen molar-refractivity contribution in [3.63, 3.8) is 0 Å². The van der Waals surface area contributed by atoms with Crippen LogP contribution in [-0.4, -0.2) is 22.8 Å². The predicted octanol–water partition coefficient (Wildman–Crippen LogP) is 4.35. The summed E-state index contributed by atoms with van der Waals surface area (Å²) in [6.07, 6.45) is 0. The van der Waals surface area contributed by atoms with E-state index >= 15 is 0 Å². The molecule has 1 unspecified atom stereocenters. The van der Waals surface area contributed by atoms with E-state index in [1.807, 2.05) is 30.3 Å². The average Bonchev–Trinajstić information content (AvgIpc) is 3.10. The van der Waals surface area contributed by atoms with Crippen LogP contribution in [0.1, 0.15) is 22.8 Å². The molecule has 1 aliphatic rings. The Hall–Kier alpha value is -4.59. The van der Waals surface area contributed by atoms with Crippen molar-refractivity contribution in [1.29, 1.82) is 0 Å². The van der Waals surface area contributed by atoms with Crippen LogP contribution in [0.4, 0.5) is 14.9 Å². The van der Waals surface area contributed by atoms with Gasteiger partial charge in [-0.15, -0.1) is 0 Å². The minimum Gasteiger partial charge on any atom is -0.322 e. The third-order valence-electron chi connectivity index (χ3n) is 5.85. The number of rotatable bonds is 4. The number of imide groups is 1. The van der Waals surface area contributed by atoms with Crippen LogP contribution in [0.3, 0.4) is 0 Å². The molecule has 5 rings (SSSR count). The summed E-state index contributed by atoms with van der Waals surface area (Å²) in [6, 6.07) is 21.2. The highest BCUT2D eigenvalue weighted by Crippen LogP contribution is 2.28. The van der Waals surface area contributed by atoms with Gasteiger partial charge in [0.05, 0.1) is 16.8 Å². The molecule has 168 valence electrons. The van der Waals surface area contributed by atoms with Crippen LogP contribution in [0, 0.1) is 5.82 Å². The van der Waals surface area contributed by atoms with Crippen molar-refractivity contribution in [3.8, 4) is 11.3 Å². The van der Waals surface area contributed by atoms with Gasteiger partial charge < -0.3 is 10.6 Å². The molecule has 1 atom stereocenters. The number of amides is 4. The highest BCUT2D eigenvalue weighted by Gasteiger charge is 2.43. The first kappa shape index (κ1) is 21.3. The molecule has 3 N–H and O–H groups in total. The summed E-state index contributed by atoms with van der Waals surface area (Å²) in [5, 5.41) is 8.19. The van der Waals surface area contributed by atoms with Gasteiger partial charge in [-0.05, 0) is 42.8 Å². The van der Waals surface area contributed by atoms with Gasteiger partial charge in [0.2, 0.25) is 0 Å². The molecule has 1 aliphatic heterocycles. The second-order valence-electron chi connectivity index (χ2n) is 8.15. The average molecular weight is 454 g/mol. The van der Waals surface area contributed by atoms with Gasteiger partial charge in [0.1, 0.15) is 11.4 Å². The third-order valence-corrected chi connectivity index (χ3v) is 5.85. The molecule has 7 nitrogen and oxygen atoms in total. The van der Waals surface area contributed by atoms with Crippen molar-refractivity contribution in [2.24, 2.45) is 0 Å². The minimum atomic E-state index is -1.18. The smallest absolute Gasteiger partial charge is 0.322 e. The molecule has 0 bridgehead atoms. The lowest BCUT2D eigenvalue weighted by Gasteiger charge is -2.21. The maximum absolute atomic E-state index is 13.9. The summed E-state index contributed by atoms with van der Waals surface area (Å²) in [6.45, 7) is 1.61. The van der Waals surface area contributed by atoms with E-state index in [1.54, 1.807) is 37.3 Å². The Bertz CT molecular complexity index is 1450. The van der Waals surface area contributed by atoms with E-state index in [-0.39, 0.29) is 5.91 Å². The topological polar surface area (TPSA) is 100 Å². The van der Waals surface area contributed by atoms with E-state index in [4.69, 9.17) is 0 Å². The van der Waals surface area contributed by atoms with Crippen molar-refractivity contribution >= 4 is 34.4 Å². The van der Waals surface area contributed by atoms with Gasteiger partial charge >= 0.3 is 6.03 Å². The Morgan fingerprint density at radius 2 is 1.71 bits per heavy atom. The number of carbonyl (C=O) groups is 3. The Kier molecular flexibility index (Phi) is 5.05. The van der Waals surface area contributed by atoms with Gasteiger partial charge in [0.25, 0.3) is 11.8 Å². The third kappa shape index (κ3) is 3.75. The van der Waals surface area contributed by atoms with Crippen LogP contribution in [0.15, 0.2) is 78.9 Å². The number of urea groups is 1. The first-order valence-electron chi connectivity index (χ1n) is 10.5. The van der Waals surface area contributed by atoms with Crippen molar-refractivity contribution in [1.82, 2.24) is 15.6 Å². The molecule has 8 heteroatoms. The van der Waals surface area contributed by atoms with Crippen LogP contribution in [-0.2, 0) is 10.3 Å². The van der Waals surface area contributed by atoms with Gasteiger partial charge in [-0.3, -0.25) is 14.9 Å². The molecule has 1 fully saturated rings. The first-order valence-corrected chi connectivity index (χ1v) is 10.5. The fraction of sp³-hybridized carbons (Fsp3) is 0.0769. The molecule has 4 amide bonds. The maximum Gasteiger partial charge on any atom is 0.322 e. The van der Waals surface area contributed by atoms with E-state index in [2.05, 4.69) is 20.9 Å². The highest BCUT2D eigenvalue weighted by molar-refractivity contribution is 6.13. The SMILES string of the molecule is CC1(c2ccc(NC(=O)c3cc(-c4ccccc4)nc4cc(F)ccc34)cc2)NC(=O)NC1=O. The highest BCUT2D eigenvalue weighted by atomic mass is 19.1. The number of anilines is 1. The van der Waals surface area contributed by atoms with E-state index < -0.39 is 23.3 Å².